The monoisotopic (exact) mass is 317 g/mol. The second-order valence-corrected chi connectivity index (χ2v) is 5.33. The average Bonchev–Trinajstić information content (AvgIpc) is 3.01. The Bertz CT molecular complexity index is 1020. The lowest BCUT2D eigenvalue weighted by atomic mass is 10.1. The average molecular weight is 317 g/mol. The Morgan fingerprint density at radius 2 is 1.83 bits per heavy atom. The van der Waals surface area contributed by atoms with Crippen molar-refractivity contribution in [2.75, 3.05) is 7.11 Å². The minimum absolute atomic E-state index is 0.203. The molecule has 0 saturated heterocycles. The standard InChI is InChI=1S/C19H15N3O2/c1-24-17-12-20-10-9-14(17)19-21-18(13-6-2-3-8-16(13)23)15-7-4-5-11-22(15)19/h2-12,23H,1H3. The van der Waals surface area contributed by atoms with E-state index in [1.54, 1.807) is 31.6 Å². The Kier molecular flexibility index (Phi) is 3.39. The van der Waals surface area contributed by atoms with Crippen molar-refractivity contribution in [1.29, 1.82) is 0 Å². The van der Waals surface area contributed by atoms with Crippen molar-refractivity contribution >= 4 is 5.52 Å². The van der Waals surface area contributed by atoms with Gasteiger partial charge in [-0.15, -0.1) is 0 Å². The highest BCUT2D eigenvalue weighted by Crippen LogP contribution is 2.36. The summed E-state index contributed by atoms with van der Waals surface area (Å²) in [4.78, 5) is 8.89. The number of hydrogen-bond acceptors (Lipinski definition) is 4. The molecule has 1 N–H and O–H groups in total. The summed E-state index contributed by atoms with van der Waals surface area (Å²) in [6.45, 7) is 0. The van der Waals surface area contributed by atoms with E-state index < -0.39 is 0 Å². The molecule has 1 aromatic carbocycles. The molecule has 0 aliphatic carbocycles. The van der Waals surface area contributed by atoms with Gasteiger partial charge in [-0.05, 0) is 30.3 Å². The van der Waals surface area contributed by atoms with Crippen LogP contribution in [0.4, 0.5) is 0 Å². The van der Waals surface area contributed by atoms with Crippen molar-refractivity contribution in [2.45, 2.75) is 0 Å². The van der Waals surface area contributed by atoms with Gasteiger partial charge in [0, 0.05) is 18.0 Å². The van der Waals surface area contributed by atoms with Gasteiger partial charge in [0.15, 0.2) is 0 Å². The lowest BCUT2D eigenvalue weighted by Crippen LogP contribution is -1.93. The minimum Gasteiger partial charge on any atom is -0.507 e. The van der Waals surface area contributed by atoms with Gasteiger partial charge in [-0.3, -0.25) is 9.38 Å². The van der Waals surface area contributed by atoms with E-state index in [0.29, 0.717) is 11.3 Å². The van der Waals surface area contributed by atoms with Crippen molar-refractivity contribution in [3.05, 3.63) is 67.1 Å². The van der Waals surface area contributed by atoms with Gasteiger partial charge < -0.3 is 9.84 Å². The fraction of sp³-hybridized carbons (Fsp3) is 0.0526. The summed E-state index contributed by atoms with van der Waals surface area (Å²) in [5, 5.41) is 10.2. The molecule has 118 valence electrons. The molecular formula is C19H15N3O2. The number of aromatic nitrogens is 3. The van der Waals surface area contributed by atoms with E-state index in [0.717, 1.165) is 22.6 Å². The first-order valence-electron chi connectivity index (χ1n) is 7.53. The number of methoxy groups -OCH3 is 1. The summed E-state index contributed by atoms with van der Waals surface area (Å²) in [5.74, 6) is 1.59. The van der Waals surface area contributed by atoms with Crippen LogP contribution in [0, 0.1) is 0 Å². The molecule has 0 aliphatic heterocycles. The van der Waals surface area contributed by atoms with Crippen LogP contribution in [0.5, 0.6) is 11.5 Å². The first kappa shape index (κ1) is 14.3. The number of pyridine rings is 2. The normalized spacial score (nSPS) is 10.9. The molecule has 5 heteroatoms. The van der Waals surface area contributed by atoms with Gasteiger partial charge in [0.05, 0.1) is 24.4 Å². The van der Waals surface area contributed by atoms with Gasteiger partial charge in [-0.1, -0.05) is 18.2 Å². The van der Waals surface area contributed by atoms with Crippen LogP contribution in [0.1, 0.15) is 0 Å². The minimum atomic E-state index is 0.203. The highest BCUT2D eigenvalue weighted by atomic mass is 16.5. The topological polar surface area (TPSA) is 59.7 Å². The number of nitrogens with zero attached hydrogens (tertiary/aromatic N) is 3. The molecule has 0 amide bonds. The Hall–Kier alpha value is -3.34. The predicted octanol–water partition coefficient (Wildman–Crippen LogP) is 3.78. The van der Waals surface area contributed by atoms with Crippen LogP contribution in [-0.2, 0) is 0 Å². The van der Waals surface area contributed by atoms with E-state index in [2.05, 4.69) is 4.98 Å². The number of aromatic hydroxyl groups is 1. The number of rotatable bonds is 3. The number of para-hydroxylation sites is 1. The van der Waals surface area contributed by atoms with E-state index in [1.165, 1.54) is 0 Å². The van der Waals surface area contributed by atoms with Gasteiger partial charge in [0.1, 0.15) is 23.0 Å². The zero-order chi connectivity index (χ0) is 16.5. The maximum absolute atomic E-state index is 10.2. The molecule has 0 atom stereocenters. The maximum Gasteiger partial charge on any atom is 0.149 e. The fourth-order valence-electron chi connectivity index (χ4n) is 2.83. The summed E-state index contributed by atoms with van der Waals surface area (Å²) < 4.78 is 7.41. The number of hydrogen-bond donors (Lipinski definition) is 1. The molecule has 0 bridgehead atoms. The van der Waals surface area contributed by atoms with Crippen LogP contribution < -0.4 is 4.74 Å². The Labute approximate surface area is 138 Å². The lowest BCUT2D eigenvalue weighted by Gasteiger charge is -2.06. The number of benzene rings is 1. The summed E-state index contributed by atoms with van der Waals surface area (Å²) in [5.41, 5.74) is 3.17. The van der Waals surface area contributed by atoms with Crippen molar-refractivity contribution in [2.24, 2.45) is 0 Å². The second-order valence-electron chi connectivity index (χ2n) is 5.33. The molecule has 4 rings (SSSR count). The molecule has 4 aromatic rings. The highest BCUT2D eigenvalue weighted by Gasteiger charge is 2.18. The highest BCUT2D eigenvalue weighted by molar-refractivity contribution is 5.84. The molecule has 5 nitrogen and oxygen atoms in total. The Balaban J connectivity index is 2.04. The number of fused-ring (bicyclic) bond motifs is 1. The second kappa shape index (κ2) is 5.70. The molecule has 3 heterocycles. The molecule has 0 radical (unpaired) electrons. The van der Waals surface area contributed by atoms with Gasteiger partial charge in [0.2, 0.25) is 0 Å². The zero-order valence-corrected chi connectivity index (χ0v) is 13.0. The molecule has 0 fully saturated rings. The van der Waals surface area contributed by atoms with Crippen molar-refractivity contribution < 1.29 is 9.84 Å². The van der Waals surface area contributed by atoms with Gasteiger partial charge >= 0.3 is 0 Å². The first-order valence-corrected chi connectivity index (χ1v) is 7.53. The van der Waals surface area contributed by atoms with Crippen molar-refractivity contribution in [3.8, 4) is 34.1 Å². The van der Waals surface area contributed by atoms with Crippen LogP contribution in [0.2, 0.25) is 0 Å². The third-order valence-corrected chi connectivity index (χ3v) is 3.95. The van der Waals surface area contributed by atoms with Crippen LogP contribution in [-0.4, -0.2) is 26.6 Å². The van der Waals surface area contributed by atoms with Crippen LogP contribution in [0.15, 0.2) is 67.1 Å². The van der Waals surface area contributed by atoms with E-state index in [-0.39, 0.29) is 5.75 Å². The number of phenols is 1. The van der Waals surface area contributed by atoms with Gasteiger partial charge in [0.25, 0.3) is 0 Å². The van der Waals surface area contributed by atoms with E-state index in [9.17, 15) is 5.11 Å². The van der Waals surface area contributed by atoms with Gasteiger partial charge in [-0.25, -0.2) is 4.98 Å². The molecule has 24 heavy (non-hydrogen) atoms. The summed E-state index contributed by atoms with van der Waals surface area (Å²) in [7, 11) is 1.61. The molecule has 0 saturated carbocycles. The summed E-state index contributed by atoms with van der Waals surface area (Å²) in [6, 6.07) is 14.9. The van der Waals surface area contributed by atoms with Crippen LogP contribution in [0.25, 0.3) is 28.2 Å². The summed E-state index contributed by atoms with van der Waals surface area (Å²) in [6.07, 6.45) is 5.32. The molecule has 0 unspecified atom stereocenters. The Morgan fingerprint density at radius 3 is 2.67 bits per heavy atom. The van der Waals surface area contributed by atoms with Crippen molar-refractivity contribution in [3.63, 3.8) is 0 Å². The van der Waals surface area contributed by atoms with E-state index >= 15 is 0 Å². The smallest absolute Gasteiger partial charge is 0.149 e. The zero-order valence-electron chi connectivity index (χ0n) is 13.0. The predicted molar refractivity (Wildman–Crippen MR) is 92.1 cm³/mol. The van der Waals surface area contributed by atoms with E-state index in [1.807, 2.05) is 47.0 Å². The third-order valence-electron chi connectivity index (χ3n) is 3.95. The maximum atomic E-state index is 10.2. The first-order chi connectivity index (χ1) is 11.8. The van der Waals surface area contributed by atoms with Crippen molar-refractivity contribution in [1.82, 2.24) is 14.4 Å². The number of ether oxygens (including phenoxy) is 1. The molecule has 3 aromatic heterocycles. The van der Waals surface area contributed by atoms with E-state index in [4.69, 9.17) is 9.72 Å². The van der Waals surface area contributed by atoms with Crippen LogP contribution in [0.3, 0.4) is 0 Å². The summed E-state index contributed by atoms with van der Waals surface area (Å²) >= 11 is 0. The molecular weight excluding hydrogens is 302 g/mol. The number of imidazole rings is 1. The largest absolute Gasteiger partial charge is 0.507 e. The molecule has 0 aliphatic rings. The quantitative estimate of drug-likeness (QED) is 0.625. The van der Waals surface area contributed by atoms with Gasteiger partial charge in [-0.2, -0.15) is 0 Å². The Morgan fingerprint density at radius 1 is 1.00 bits per heavy atom. The lowest BCUT2D eigenvalue weighted by molar-refractivity contribution is 0.414. The number of phenolic OH excluding ortho intramolecular Hbond substituents is 1. The third kappa shape index (κ3) is 2.18. The van der Waals surface area contributed by atoms with Crippen LogP contribution >= 0.6 is 0 Å². The SMILES string of the molecule is COc1cnccc1-c1nc(-c2ccccc2O)c2ccccn12. The molecule has 0 spiro atoms. The fourth-order valence-corrected chi connectivity index (χ4v) is 2.83.